The summed E-state index contributed by atoms with van der Waals surface area (Å²) in [6, 6.07) is 0. The van der Waals surface area contributed by atoms with Crippen LogP contribution in [0, 0.1) is 0 Å². The van der Waals surface area contributed by atoms with Crippen LogP contribution in [0.15, 0.2) is 0 Å². The fraction of sp³-hybridized carbons (Fsp3) is 1.00. The SMILES string of the molecule is CCC.CCC.CCSCC. The van der Waals surface area contributed by atoms with Gasteiger partial charge in [0.25, 0.3) is 0 Å². The molecule has 0 atom stereocenters. The molecular weight excluding hydrogens is 152 g/mol. The molecule has 1 heteroatoms. The molecule has 72 valence electrons. The first-order chi connectivity index (χ1) is 5.24. The average molecular weight is 178 g/mol. The van der Waals surface area contributed by atoms with Gasteiger partial charge in [0.1, 0.15) is 0 Å². The molecule has 0 aromatic rings. The number of hydrogen-bond donors (Lipinski definition) is 0. The minimum absolute atomic E-state index is 1.25. The average Bonchev–Trinajstić information content (AvgIpc) is 1.92. The van der Waals surface area contributed by atoms with E-state index >= 15 is 0 Å². The van der Waals surface area contributed by atoms with E-state index in [9.17, 15) is 0 Å². The molecule has 0 saturated heterocycles. The Balaban J connectivity index is -0.0000000933. The molecule has 11 heavy (non-hydrogen) atoms. The van der Waals surface area contributed by atoms with E-state index in [1.165, 1.54) is 24.3 Å². The molecular formula is C10H26S. The Morgan fingerprint density at radius 2 is 0.818 bits per heavy atom. The first-order valence-corrected chi connectivity index (χ1v) is 5.97. The van der Waals surface area contributed by atoms with Gasteiger partial charge in [0, 0.05) is 0 Å². The molecule has 0 rings (SSSR count). The summed E-state index contributed by atoms with van der Waals surface area (Å²) in [4.78, 5) is 0. The smallest absolute Gasteiger partial charge is 0.00961 e. The summed E-state index contributed by atoms with van der Waals surface area (Å²) in [5, 5.41) is 0. The van der Waals surface area contributed by atoms with Crippen LogP contribution in [-0.4, -0.2) is 11.5 Å². The second-order valence-electron chi connectivity index (χ2n) is 2.20. The maximum absolute atomic E-state index is 2.17. The Morgan fingerprint density at radius 3 is 0.818 bits per heavy atom. The van der Waals surface area contributed by atoms with Crippen LogP contribution in [0.4, 0.5) is 0 Å². The molecule has 0 amide bonds. The lowest BCUT2D eigenvalue weighted by molar-refractivity contribution is 1.09. The Kier molecular flexibility index (Phi) is 50.1. The monoisotopic (exact) mass is 178 g/mol. The van der Waals surface area contributed by atoms with Gasteiger partial charge < -0.3 is 0 Å². The van der Waals surface area contributed by atoms with Crippen molar-refractivity contribution in [2.75, 3.05) is 11.5 Å². The van der Waals surface area contributed by atoms with E-state index in [2.05, 4.69) is 41.5 Å². The molecule has 0 radical (unpaired) electrons. The molecule has 0 N–H and O–H groups in total. The molecule has 0 spiro atoms. The van der Waals surface area contributed by atoms with Gasteiger partial charge in [0.05, 0.1) is 0 Å². The van der Waals surface area contributed by atoms with Gasteiger partial charge in [-0.15, -0.1) is 0 Å². The van der Waals surface area contributed by atoms with Crippen LogP contribution in [0.3, 0.4) is 0 Å². The van der Waals surface area contributed by atoms with Gasteiger partial charge >= 0.3 is 0 Å². The van der Waals surface area contributed by atoms with Crippen LogP contribution in [0.25, 0.3) is 0 Å². The summed E-state index contributed by atoms with van der Waals surface area (Å²) in [6.45, 7) is 12.8. The summed E-state index contributed by atoms with van der Waals surface area (Å²) < 4.78 is 0. The first-order valence-electron chi connectivity index (χ1n) is 4.82. The third-order valence-corrected chi connectivity index (χ3v) is 1.22. The van der Waals surface area contributed by atoms with Gasteiger partial charge in [-0.3, -0.25) is 0 Å². The topological polar surface area (TPSA) is 0 Å². The molecule has 0 aromatic carbocycles. The normalized spacial score (nSPS) is 7.09. The number of thioether (sulfide) groups is 1. The fourth-order valence-corrected chi connectivity index (χ4v) is 0.612. The van der Waals surface area contributed by atoms with Crippen LogP contribution in [0.1, 0.15) is 54.4 Å². The maximum atomic E-state index is 2.17. The quantitative estimate of drug-likeness (QED) is 0.596. The van der Waals surface area contributed by atoms with Crippen molar-refractivity contribution in [2.24, 2.45) is 0 Å². The molecule has 0 aromatic heterocycles. The van der Waals surface area contributed by atoms with Crippen molar-refractivity contribution in [3.63, 3.8) is 0 Å². The minimum Gasteiger partial charge on any atom is -0.163 e. The number of hydrogen-bond acceptors (Lipinski definition) is 1. The van der Waals surface area contributed by atoms with E-state index in [0.717, 1.165) is 0 Å². The minimum atomic E-state index is 1.25. The van der Waals surface area contributed by atoms with Gasteiger partial charge in [0.15, 0.2) is 0 Å². The lowest BCUT2D eigenvalue weighted by Gasteiger charge is -1.80. The molecule has 0 heterocycles. The summed E-state index contributed by atoms with van der Waals surface area (Å²) in [6.07, 6.45) is 2.50. The summed E-state index contributed by atoms with van der Waals surface area (Å²) in [5.74, 6) is 2.52. The van der Waals surface area contributed by atoms with E-state index in [1.54, 1.807) is 0 Å². The molecule has 0 aliphatic heterocycles. The van der Waals surface area contributed by atoms with Gasteiger partial charge in [-0.25, -0.2) is 0 Å². The van der Waals surface area contributed by atoms with Crippen molar-refractivity contribution < 1.29 is 0 Å². The zero-order valence-electron chi connectivity index (χ0n) is 9.24. The fourth-order valence-electron chi connectivity index (χ4n) is 0.204. The Morgan fingerprint density at radius 1 is 0.636 bits per heavy atom. The Bertz CT molecular complexity index is 24.1. The van der Waals surface area contributed by atoms with Crippen LogP contribution >= 0.6 is 11.8 Å². The highest BCUT2D eigenvalue weighted by Gasteiger charge is 1.67. The maximum Gasteiger partial charge on any atom is -0.00961 e. The predicted molar refractivity (Wildman–Crippen MR) is 60.6 cm³/mol. The van der Waals surface area contributed by atoms with Crippen LogP contribution in [-0.2, 0) is 0 Å². The van der Waals surface area contributed by atoms with E-state index in [0.29, 0.717) is 0 Å². The van der Waals surface area contributed by atoms with Gasteiger partial charge in [-0.2, -0.15) is 11.8 Å². The molecule has 0 nitrogen and oxygen atoms in total. The lowest BCUT2D eigenvalue weighted by Crippen LogP contribution is -1.64. The highest BCUT2D eigenvalue weighted by Crippen LogP contribution is 1.93. The first kappa shape index (κ1) is 17.4. The second kappa shape index (κ2) is 31.6. The standard InChI is InChI=1S/C4H10S.2C3H8/c1-3-5-4-2;2*1-3-2/h3-4H2,1-2H3;2*3H2,1-2H3. The zero-order chi connectivity index (χ0) is 9.54. The largest absolute Gasteiger partial charge is 0.163 e. The van der Waals surface area contributed by atoms with Gasteiger partial charge in [-0.05, 0) is 11.5 Å². The molecule has 0 bridgehead atoms. The summed E-state index contributed by atoms with van der Waals surface area (Å²) in [7, 11) is 0. The van der Waals surface area contributed by atoms with E-state index in [4.69, 9.17) is 0 Å². The van der Waals surface area contributed by atoms with Crippen LogP contribution in [0.2, 0.25) is 0 Å². The Hall–Kier alpha value is 0.350. The van der Waals surface area contributed by atoms with Crippen molar-refractivity contribution in [2.45, 2.75) is 54.4 Å². The van der Waals surface area contributed by atoms with Crippen LogP contribution in [0.5, 0.6) is 0 Å². The van der Waals surface area contributed by atoms with Crippen molar-refractivity contribution >= 4 is 11.8 Å². The van der Waals surface area contributed by atoms with Crippen molar-refractivity contribution in [3.8, 4) is 0 Å². The zero-order valence-corrected chi connectivity index (χ0v) is 10.1. The summed E-state index contributed by atoms with van der Waals surface area (Å²) >= 11 is 1.96. The summed E-state index contributed by atoms with van der Waals surface area (Å²) in [5.41, 5.74) is 0. The third-order valence-electron chi connectivity index (χ3n) is 0.408. The molecule has 0 unspecified atom stereocenters. The van der Waals surface area contributed by atoms with Crippen molar-refractivity contribution in [1.82, 2.24) is 0 Å². The van der Waals surface area contributed by atoms with Crippen molar-refractivity contribution in [1.29, 1.82) is 0 Å². The second-order valence-corrected chi connectivity index (χ2v) is 3.76. The van der Waals surface area contributed by atoms with Crippen LogP contribution < -0.4 is 0 Å². The van der Waals surface area contributed by atoms with E-state index in [-0.39, 0.29) is 0 Å². The lowest BCUT2D eigenvalue weighted by atomic mass is 10.6. The highest BCUT2D eigenvalue weighted by atomic mass is 32.2. The highest BCUT2D eigenvalue weighted by molar-refractivity contribution is 7.99. The molecule has 0 fully saturated rings. The van der Waals surface area contributed by atoms with E-state index in [1.807, 2.05) is 11.8 Å². The van der Waals surface area contributed by atoms with E-state index < -0.39 is 0 Å². The predicted octanol–water partition coefficient (Wildman–Crippen LogP) is 4.59. The van der Waals surface area contributed by atoms with Crippen molar-refractivity contribution in [3.05, 3.63) is 0 Å². The van der Waals surface area contributed by atoms with Gasteiger partial charge in [-0.1, -0.05) is 54.4 Å². The third kappa shape index (κ3) is 131. The van der Waals surface area contributed by atoms with Gasteiger partial charge in [0.2, 0.25) is 0 Å². The molecule has 0 aliphatic rings. The number of rotatable bonds is 2. The Labute approximate surface area is 78.2 Å². The molecule has 0 saturated carbocycles. The molecule has 0 aliphatic carbocycles.